The number of rotatable bonds is 6. The summed E-state index contributed by atoms with van der Waals surface area (Å²) >= 11 is 0. The maximum absolute atomic E-state index is 12.1. The van der Waals surface area contributed by atoms with Crippen molar-refractivity contribution in [1.82, 2.24) is 15.2 Å². The van der Waals surface area contributed by atoms with E-state index < -0.39 is 18.7 Å². The van der Waals surface area contributed by atoms with Gasteiger partial charge in [-0.05, 0) is 18.6 Å². The van der Waals surface area contributed by atoms with Crippen LogP contribution in [-0.4, -0.2) is 47.6 Å². The summed E-state index contributed by atoms with van der Waals surface area (Å²) < 4.78 is 40.9. The van der Waals surface area contributed by atoms with Crippen LogP contribution in [0.4, 0.5) is 13.2 Å². The third kappa shape index (κ3) is 5.10. The van der Waals surface area contributed by atoms with Gasteiger partial charge in [-0.3, -0.25) is 9.59 Å². The zero-order valence-electron chi connectivity index (χ0n) is 13.1. The van der Waals surface area contributed by atoms with Gasteiger partial charge in [0.25, 0.3) is 0 Å². The van der Waals surface area contributed by atoms with Gasteiger partial charge in [-0.2, -0.15) is 13.2 Å². The number of amides is 2. The third-order valence-electron chi connectivity index (χ3n) is 3.62. The fraction of sp³-hybridized carbons (Fsp3) is 0.533. The molecule has 0 radical (unpaired) electrons. The number of pyridine rings is 1. The maximum Gasteiger partial charge on any atom is 0.422 e. The van der Waals surface area contributed by atoms with Crippen LogP contribution in [0.15, 0.2) is 18.3 Å². The van der Waals surface area contributed by atoms with Crippen molar-refractivity contribution in [2.75, 3.05) is 19.7 Å². The molecule has 1 aliphatic rings. The van der Waals surface area contributed by atoms with Gasteiger partial charge < -0.3 is 15.0 Å². The number of alkyl halides is 3. The van der Waals surface area contributed by atoms with Crippen LogP contribution in [0.1, 0.15) is 18.9 Å². The topological polar surface area (TPSA) is 71.5 Å². The minimum Gasteiger partial charge on any atom is -0.468 e. The number of carbonyl (C=O) groups excluding carboxylic acids is 2. The second-order valence-corrected chi connectivity index (χ2v) is 5.46. The van der Waals surface area contributed by atoms with Crippen molar-refractivity contribution in [3.05, 3.63) is 23.9 Å². The second-order valence-electron chi connectivity index (χ2n) is 5.46. The van der Waals surface area contributed by atoms with Gasteiger partial charge in [-0.15, -0.1) is 0 Å². The molecule has 1 aliphatic heterocycles. The molecule has 2 amide bonds. The summed E-state index contributed by atoms with van der Waals surface area (Å²) in [4.78, 5) is 29.0. The van der Waals surface area contributed by atoms with E-state index in [1.165, 1.54) is 12.3 Å². The summed E-state index contributed by atoms with van der Waals surface area (Å²) in [6.45, 7) is 1.50. The summed E-state index contributed by atoms with van der Waals surface area (Å²) in [5.74, 6) is -0.870. The first-order valence-electron chi connectivity index (χ1n) is 7.48. The lowest BCUT2D eigenvalue weighted by Gasteiger charge is -2.14. The molecule has 2 rings (SSSR count). The normalized spacial score (nSPS) is 17.9. The highest BCUT2D eigenvalue weighted by Gasteiger charge is 2.33. The number of hydrogen-bond donors (Lipinski definition) is 1. The van der Waals surface area contributed by atoms with Crippen LogP contribution in [0.5, 0.6) is 5.88 Å². The number of aromatic nitrogens is 1. The first kappa shape index (κ1) is 18.0. The van der Waals surface area contributed by atoms with Gasteiger partial charge >= 0.3 is 6.18 Å². The molecule has 1 saturated heterocycles. The molecule has 1 atom stereocenters. The van der Waals surface area contributed by atoms with Gasteiger partial charge in [0.05, 0.1) is 5.92 Å². The summed E-state index contributed by atoms with van der Waals surface area (Å²) in [6, 6.07) is 2.91. The Hall–Kier alpha value is -2.32. The fourth-order valence-electron chi connectivity index (χ4n) is 2.38. The van der Waals surface area contributed by atoms with Crippen LogP contribution in [0.25, 0.3) is 0 Å². The molecule has 1 aromatic rings. The highest BCUT2D eigenvalue weighted by molar-refractivity contribution is 5.89. The lowest BCUT2D eigenvalue weighted by atomic mass is 10.1. The average molecular weight is 345 g/mol. The van der Waals surface area contributed by atoms with E-state index in [1.54, 1.807) is 11.0 Å². The standard InChI is InChI=1S/C15H18F3N3O3/c1-2-21-8-11(6-13(21)22)14(23)20-7-10-3-4-19-12(5-10)24-9-15(16,17)18/h3-5,11H,2,6-9H2,1H3,(H,20,23)/t11-/m1/s1. The van der Waals surface area contributed by atoms with E-state index in [-0.39, 0.29) is 30.7 Å². The van der Waals surface area contributed by atoms with Crippen molar-refractivity contribution in [3.63, 3.8) is 0 Å². The maximum atomic E-state index is 12.1. The van der Waals surface area contributed by atoms with Crippen LogP contribution < -0.4 is 10.1 Å². The Morgan fingerprint density at radius 1 is 1.50 bits per heavy atom. The molecule has 0 aromatic carbocycles. The predicted molar refractivity (Wildman–Crippen MR) is 78.0 cm³/mol. The van der Waals surface area contributed by atoms with Crippen molar-refractivity contribution in [1.29, 1.82) is 0 Å². The predicted octanol–water partition coefficient (Wildman–Crippen LogP) is 1.51. The molecule has 0 unspecified atom stereocenters. The van der Waals surface area contributed by atoms with Crippen LogP contribution >= 0.6 is 0 Å². The Kier molecular flexibility index (Phi) is 5.63. The lowest BCUT2D eigenvalue weighted by molar-refractivity contribution is -0.154. The molecule has 0 bridgehead atoms. The van der Waals surface area contributed by atoms with Gasteiger partial charge in [0.2, 0.25) is 17.7 Å². The summed E-state index contributed by atoms with van der Waals surface area (Å²) in [5, 5.41) is 2.68. The van der Waals surface area contributed by atoms with Crippen LogP contribution in [0.2, 0.25) is 0 Å². The molecule has 0 aliphatic carbocycles. The molecule has 2 heterocycles. The fourth-order valence-corrected chi connectivity index (χ4v) is 2.38. The number of nitrogens with one attached hydrogen (secondary N) is 1. The number of carbonyl (C=O) groups is 2. The zero-order valence-corrected chi connectivity index (χ0v) is 13.1. The highest BCUT2D eigenvalue weighted by atomic mass is 19.4. The van der Waals surface area contributed by atoms with Gasteiger partial charge in [0.1, 0.15) is 0 Å². The zero-order chi connectivity index (χ0) is 17.7. The third-order valence-corrected chi connectivity index (χ3v) is 3.62. The number of halogens is 3. The number of likely N-dealkylation sites (tertiary alicyclic amines) is 1. The van der Waals surface area contributed by atoms with E-state index in [4.69, 9.17) is 0 Å². The summed E-state index contributed by atoms with van der Waals surface area (Å²) in [7, 11) is 0. The number of nitrogens with zero attached hydrogens (tertiary/aromatic N) is 2. The SMILES string of the molecule is CCN1C[C@H](C(=O)NCc2ccnc(OCC(F)(F)F)c2)CC1=O. The molecule has 0 saturated carbocycles. The molecule has 1 aromatic heterocycles. The molecule has 6 nitrogen and oxygen atoms in total. The van der Waals surface area contributed by atoms with Gasteiger partial charge in [-0.1, -0.05) is 0 Å². The smallest absolute Gasteiger partial charge is 0.422 e. The van der Waals surface area contributed by atoms with Crippen molar-refractivity contribution in [2.24, 2.45) is 5.92 Å². The molecule has 132 valence electrons. The second kappa shape index (κ2) is 7.50. The quantitative estimate of drug-likeness (QED) is 0.848. The first-order valence-corrected chi connectivity index (χ1v) is 7.48. The summed E-state index contributed by atoms with van der Waals surface area (Å²) in [5.41, 5.74) is 0.562. The largest absolute Gasteiger partial charge is 0.468 e. The van der Waals surface area contributed by atoms with Gasteiger partial charge in [0.15, 0.2) is 6.61 Å². The Morgan fingerprint density at radius 2 is 2.25 bits per heavy atom. The number of ether oxygens (including phenoxy) is 1. The Labute approximate surface area is 137 Å². The van der Waals surface area contributed by atoms with E-state index >= 15 is 0 Å². The number of hydrogen-bond acceptors (Lipinski definition) is 4. The van der Waals surface area contributed by atoms with Crippen molar-refractivity contribution in [3.8, 4) is 5.88 Å². The average Bonchev–Trinajstić information content (AvgIpc) is 2.91. The monoisotopic (exact) mass is 345 g/mol. The highest BCUT2D eigenvalue weighted by Crippen LogP contribution is 2.19. The van der Waals surface area contributed by atoms with E-state index in [0.29, 0.717) is 18.7 Å². The van der Waals surface area contributed by atoms with Crippen LogP contribution in [0, 0.1) is 5.92 Å². The minimum absolute atomic E-state index is 0.0515. The molecule has 24 heavy (non-hydrogen) atoms. The van der Waals surface area contributed by atoms with Crippen molar-refractivity contribution >= 4 is 11.8 Å². The Balaban J connectivity index is 1.86. The van der Waals surface area contributed by atoms with Gasteiger partial charge in [-0.25, -0.2) is 4.98 Å². The Morgan fingerprint density at radius 3 is 2.88 bits per heavy atom. The molecule has 1 N–H and O–H groups in total. The molecule has 9 heteroatoms. The molecule has 1 fully saturated rings. The van der Waals surface area contributed by atoms with Crippen molar-refractivity contribution < 1.29 is 27.5 Å². The van der Waals surface area contributed by atoms with E-state index in [9.17, 15) is 22.8 Å². The minimum atomic E-state index is -4.44. The van der Waals surface area contributed by atoms with Gasteiger partial charge in [0, 0.05) is 38.3 Å². The summed E-state index contributed by atoms with van der Waals surface area (Å²) in [6.07, 6.45) is -2.95. The van der Waals surface area contributed by atoms with E-state index in [2.05, 4.69) is 15.0 Å². The first-order chi connectivity index (χ1) is 11.3. The van der Waals surface area contributed by atoms with E-state index in [1.807, 2.05) is 6.92 Å². The van der Waals surface area contributed by atoms with Crippen molar-refractivity contribution in [2.45, 2.75) is 26.1 Å². The Bertz CT molecular complexity index is 607. The van der Waals surface area contributed by atoms with E-state index in [0.717, 1.165) is 0 Å². The van der Waals surface area contributed by atoms with Crippen LogP contribution in [-0.2, 0) is 16.1 Å². The lowest BCUT2D eigenvalue weighted by Crippen LogP contribution is -2.32. The van der Waals surface area contributed by atoms with Crippen LogP contribution in [0.3, 0.4) is 0 Å². The molecular weight excluding hydrogens is 327 g/mol. The molecular formula is C15H18F3N3O3. The molecule has 0 spiro atoms.